The van der Waals surface area contributed by atoms with E-state index in [0.717, 1.165) is 16.7 Å². The van der Waals surface area contributed by atoms with Gasteiger partial charge < -0.3 is 4.74 Å². The third-order valence-corrected chi connectivity index (χ3v) is 8.18. The van der Waals surface area contributed by atoms with E-state index in [2.05, 4.69) is 160 Å². The fourth-order valence-electron chi connectivity index (χ4n) is 5.02. The Kier molecular flexibility index (Phi) is 13.8. The number of ketones is 1. The van der Waals surface area contributed by atoms with Crippen molar-refractivity contribution in [2.45, 2.75) is 81.8 Å². The van der Waals surface area contributed by atoms with Gasteiger partial charge in [0.15, 0.2) is 5.78 Å². The Labute approximate surface area is 262 Å². The van der Waals surface area contributed by atoms with Crippen LogP contribution in [0.2, 0.25) is 0 Å². The molecule has 0 fully saturated rings. The molecule has 1 aliphatic rings. The maximum atomic E-state index is 12.6. The normalized spacial score (nSPS) is 19.5. The van der Waals surface area contributed by atoms with Crippen LogP contribution in [0.25, 0.3) is 6.08 Å². The molecular weight excluding hydrogens is 524 g/mol. The third-order valence-electron chi connectivity index (χ3n) is 8.18. The number of hydrogen-bond acceptors (Lipinski definition) is 2. The number of ether oxygens (including phenoxy) is 1. The van der Waals surface area contributed by atoms with Gasteiger partial charge >= 0.3 is 0 Å². The topological polar surface area (TPSA) is 26.3 Å². The van der Waals surface area contributed by atoms with Crippen LogP contribution in [0.15, 0.2) is 125 Å². The summed E-state index contributed by atoms with van der Waals surface area (Å²) in [6, 6.07) is 4.38. The Morgan fingerprint density at radius 2 is 1.21 bits per heavy atom. The molecule has 228 valence electrons. The molecule has 0 saturated carbocycles. The zero-order chi connectivity index (χ0) is 32.2. The Hall–Kier alpha value is -3.75. The van der Waals surface area contributed by atoms with E-state index in [1.807, 2.05) is 6.92 Å². The van der Waals surface area contributed by atoms with Crippen LogP contribution in [0.3, 0.4) is 0 Å². The fourth-order valence-corrected chi connectivity index (χ4v) is 5.02. The predicted molar refractivity (Wildman–Crippen MR) is 188 cm³/mol. The molecule has 1 atom stereocenters. The molecule has 0 saturated heterocycles. The number of allylic oxidation sites excluding steroid dienone is 18. The molecule has 1 aromatic rings. The van der Waals surface area contributed by atoms with Crippen LogP contribution in [0.4, 0.5) is 0 Å². The van der Waals surface area contributed by atoms with Gasteiger partial charge in [-0.2, -0.15) is 0 Å². The monoisotopic (exact) mass is 576 g/mol. The first-order valence-electron chi connectivity index (χ1n) is 15.2. The van der Waals surface area contributed by atoms with E-state index in [4.69, 9.17) is 4.74 Å². The van der Waals surface area contributed by atoms with Gasteiger partial charge in [-0.05, 0) is 101 Å². The quantitative estimate of drug-likeness (QED) is 0.245. The molecule has 0 spiro atoms. The van der Waals surface area contributed by atoms with Crippen molar-refractivity contribution in [2.24, 2.45) is 5.41 Å². The van der Waals surface area contributed by atoms with Crippen LogP contribution in [0, 0.1) is 26.2 Å². The molecule has 0 heterocycles. The Bertz CT molecular complexity index is 1470. The summed E-state index contributed by atoms with van der Waals surface area (Å²) in [5.74, 6) is 0.0944. The Morgan fingerprint density at radius 3 is 1.74 bits per heavy atom. The van der Waals surface area contributed by atoms with Crippen molar-refractivity contribution in [3.63, 3.8) is 0 Å². The second-order valence-corrected chi connectivity index (χ2v) is 12.3. The first kappa shape index (κ1) is 35.4. The Balaban J connectivity index is 1.93. The summed E-state index contributed by atoms with van der Waals surface area (Å²) in [7, 11) is 1.61. The highest BCUT2D eigenvalue weighted by Gasteiger charge is 2.37. The lowest BCUT2D eigenvalue weighted by molar-refractivity contribution is -0.127. The molecule has 2 heteroatoms. The molecular formula is C41H52O2. The van der Waals surface area contributed by atoms with Gasteiger partial charge in [-0.3, -0.25) is 4.79 Å². The first-order chi connectivity index (χ1) is 20.3. The number of aryl methyl sites for hydroxylation is 1. The number of carbonyl (C=O) groups is 1. The molecule has 1 aliphatic carbocycles. The van der Waals surface area contributed by atoms with Gasteiger partial charge in [-0.1, -0.05) is 133 Å². The lowest BCUT2D eigenvalue weighted by Gasteiger charge is -2.36. The largest absolute Gasteiger partial charge is 0.373 e. The van der Waals surface area contributed by atoms with Crippen molar-refractivity contribution in [1.29, 1.82) is 0 Å². The van der Waals surface area contributed by atoms with Gasteiger partial charge in [0, 0.05) is 7.11 Å². The van der Waals surface area contributed by atoms with Crippen LogP contribution in [-0.2, 0) is 9.53 Å². The van der Waals surface area contributed by atoms with E-state index >= 15 is 0 Å². The SMILES string of the molecule is CO[C@H]1CC(C)(C)C(/C=C/C(C)=C/C=C/C(C)=C/C=C/C=C(C)/C=C/C=C(C)/C=C/c2ccc(C)c(C)c2C)=C(C)C1=O. The van der Waals surface area contributed by atoms with Crippen molar-refractivity contribution >= 4 is 11.9 Å². The van der Waals surface area contributed by atoms with E-state index in [9.17, 15) is 4.79 Å². The summed E-state index contributed by atoms with van der Waals surface area (Å²) >= 11 is 0. The molecule has 0 amide bonds. The van der Waals surface area contributed by atoms with Gasteiger partial charge in [0.2, 0.25) is 0 Å². The second kappa shape index (κ2) is 16.8. The Morgan fingerprint density at radius 1 is 0.721 bits per heavy atom. The summed E-state index contributed by atoms with van der Waals surface area (Å²) < 4.78 is 5.41. The van der Waals surface area contributed by atoms with E-state index in [-0.39, 0.29) is 17.3 Å². The van der Waals surface area contributed by atoms with E-state index < -0.39 is 0 Å². The minimum Gasteiger partial charge on any atom is -0.373 e. The van der Waals surface area contributed by atoms with E-state index in [1.54, 1.807) is 7.11 Å². The number of methoxy groups -OCH3 is 1. The van der Waals surface area contributed by atoms with Gasteiger partial charge in [-0.25, -0.2) is 0 Å². The number of hydrogen-bond donors (Lipinski definition) is 0. The summed E-state index contributed by atoms with van der Waals surface area (Å²) in [5.41, 5.74) is 11.8. The molecule has 0 bridgehead atoms. The molecule has 1 aromatic carbocycles. The van der Waals surface area contributed by atoms with Gasteiger partial charge in [0.1, 0.15) is 6.10 Å². The van der Waals surface area contributed by atoms with E-state index in [0.29, 0.717) is 6.42 Å². The smallest absolute Gasteiger partial charge is 0.187 e. The average Bonchev–Trinajstić information content (AvgIpc) is 2.95. The van der Waals surface area contributed by atoms with Gasteiger partial charge in [-0.15, -0.1) is 0 Å². The second-order valence-electron chi connectivity index (χ2n) is 12.3. The molecule has 0 N–H and O–H groups in total. The zero-order valence-electron chi connectivity index (χ0n) is 28.3. The predicted octanol–water partition coefficient (Wildman–Crippen LogP) is 11.0. The van der Waals surface area contributed by atoms with Crippen LogP contribution in [-0.4, -0.2) is 19.0 Å². The zero-order valence-corrected chi connectivity index (χ0v) is 28.3. The number of benzene rings is 1. The number of Topliss-reactive ketones (excluding diaryl/α,β-unsaturated/α-hetero) is 1. The molecule has 0 aliphatic heterocycles. The highest BCUT2D eigenvalue weighted by Crippen LogP contribution is 2.40. The van der Waals surface area contributed by atoms with Crippen molar-refractivity contribution < 1.29 is 9.53 Å². The maximum Gasteiger partial charge on any atom is 0.187 e. The van der Waals surface area contributed by atoms with Crippen molar-refractivity contribution in [2.75, 3.05) is 7.11 Å². The van der Waals surface area contributed by atoms with Crippen molar-refractivity contribution in [3.8, 4) is 0 Å². The van der Waals surface area contributed by atoms with Crippen LogP contribution in [0.5, 0.6) is 0 Å². The average molecular weight is 577 g/mol. The molecule has 0 unspecified atom stereocenters. The van der Waals surface area contributed by atoms with Crippen molar-refractivity contribution in [3.05, 3.63) is 147 Å². The van der Waals surface area contributed by atoms with Gasteiger partial charge in [0.25, 0.3) is 0 Å². The highest BCUT2D eigenvalue weighted by atomic mass is 16.5. The molecule has 43 heavy (non-hydrogen) atoms. The summed E-state index contributed by atoms with van der Waals surface area (Å²) in [6.45, 7) is 21.2. The third kappa shape index (κ3) is 11.1. The molecule has 0 radical (unpaired) electrons. The number of rotatable bonds is 11. The number of carbonyl (C=O) groups excluding carboxylic acids is 1. The summed E-state index contributed by atoms with van der Waals surface area (Å²) in [6.07, 6.45) is 29.9. The summed E-state index contributed by atoms with van der Waals surface area (Å²) in [4.78, 5) is 12.6. The van der Waals surface area contributed by atoms with Crippen LogP contribution in [0.1, 0.15) is 77.1 Å². The van der Waals surface area contributed by atoms with Crippen molar-refractivity contribution in [1.82, 2.24) is 0 Å². The molecule has 2 rings (SSSR count). The molecule has 2 nitrogen and oxygen atoms in total. The maximum absolute atomic E-state index is 12.6. The van der Waals surface area contributed by atoms with E-state index in [1.165, 1.54) is 39.0 Å². The van der Waals surface area contributed by atoms with Gasteiger partial charge in [0.05, 0.1) is 0 Å². The molecule has 0 aromatic heterocycles. The minimum atomic E-state index is -0.343. The first-order valence-corrected chi connectivity index (χ1v) is 15.2. The fraction of sp³-hybridized carbons (Fsp3) is 0.341. The lowest BCUT2D eigenvalue weighted by Crippen LogP contribution is -2.37. The van der Waals surface area contributed by atoms with Crippen LogP contribution >= 0.6 is 0 Å². The summed E-state index contributed by atoms with van der Waals surface area (Å²) in [5, 5.41) is 0. The van der Waals surface area contributed by atoms with Crippen LogP contribution < -0.4 is 0 Å². The minimum absolute atomic E-state index is 0.0944. The lowest BCUT2D eigenvalue weighted by atomic mass is 9.71. The highest BCUT2D eigenvalue weighted by molar-refractivity contribution is 6.00. The standard InChI is InChI=1S/C41H52O2/c1-29(18-14-20-31(3)22-25-37-26-24-33(5)34(6)35(37)7)16-12-13-17-30(2)19-15-21-32(4)23-27-38-36(8)40(42)39(43-11)28-41(38,9)10/h12-27,39H,28H2,1-11H3/b13-12+,18-14+,19-15+,25-22+,27-23+,29-16+,30-17+,31-20+,32-21+/t39-/m0/s1.